The Hall–Kier alpha value is -1.76. The van der Waals surface area contributed by atoms with E-state index in [0.29, 0.717) is 22.3 Å². The van der Waals surface area contributed by atoms with E-state index in [0.717, 1.165) is 15.6 Å². The van der Waals surface area contributed by atoms with E-state index in [1.54, 1.807) is 6.08 Å². The molecule has 0 atom stereocenters. The van der Waals surface area contributed by atoms with Crippen LogP contribution < -0.4 is 10.5 Å². The maximum atomic E-state index is 11.6. The van der Waals surface area contributed by atoms with Crippen molar-refractivity contribution in [1.29, 1.82) is 0 Å². The second-order valence-electron chi connectivity index (χ2n) is 4.97. The van der Waals surface area contributed by atoms with Crippen molar-refractivity contribution in [2.24, 2.45) is 10.7 Å². The molecule has 24 heavy (non-hydrogen) atoms. The molecular formula is C17H12BrClN2O2S. The molecule has 7 heteroatoms. The molecule has 0 unspecified atom stereocenters. The Morgan fingerprint density at radius 1 is 1.25 bits per heavy atom. The van der Waals surface area contributed by atoms with Crippen molar-refractivity contribution in [3.8, 4) is 5.75 Å². The van der Waals surface area contributed by atoms with Gasteiger partial charge in [0.15, 0.2) is 5.17 Å². The molecule has 2 aromatic carbocycles. The fraction of sp³-hybridized carbons (Fsp3) is 0.0588. The molecule has 0 saturated carbocycles. The molecule has 1 amide bonds. The molecule has 2 aromatic rings. The van der Waals surface area contributed by atoms with Crippen LogP contribution >= 0.6 is 39.3 Å². The van der Waals surface area contributed by atoms with Gasteiger partial charge in [-0.1, -0.05) is 29.8 Å². The molecule has 0 aromatic heterocycles. The number of aliphatic imine (C=N–C) groups is 1. The van der Waals surface area contributed by atoms with Crippen molar-refractivity contribution in [1.82, 2.24) is 0 Å². The zero-order chi connectivity index (χ0) is 17.1. The summed E-state index contributed by atoms with van der Waals surface area (Å²) >= 11 is 10.5. The first-order valence-corrected chi connectivity index (χ1v) is 8.95. The summed E-state index contributed by atoms with van der Waals surface area (Å²) in [6.45, 7) is 0.439. The quantitative estimate of drug-likeness (QED) is 0.729. The van der Waals surface area contributed by atoms with Gasteiger partial charge in [0.25, 0.3) is 5.91 Å². The summed E-state index contributed by atoms with van der Waals surface area (Å²) in [5.41, 5.74) is 7.43. The van der Waals surface area contributed by atoms with Gasteiger partial charge in [0.05, 0.1) is 9.38 Å². The molecule has 0 saturated heterocycles. The molecule has 1 heterocycles. The van der Waals surface area contributed by atoms with Gasteiger partial charge in [-0.3, -0.25) is 4.79 Å². The lowest BCUT2D eigenvalue weighted by Gasteiger charge is -2.09. The molecule has 0 radical (unpaired) electrons. The summed E-state index contributed by atoms with van der Waals surface area (Å²) in [6.07, 6.45) is 1.75. The van der Waals surface area contributed by atoms with E-state index in [2.05, 4.69) is 20.9 Å². The molecule has 3 rings (SSSR count). The zero-order valence-corrected chi connectivity index (χ0v) is 15.5. The summed E-state index contributed by atoms with van der Waals surface area (Å²) in [5.74, 6) is 0.407. The van der Waals surface area contributed by atoms with Crippen molar-refractivity contribution >= 4 is 56.4 Å². The van der Waals surface area contributed by atoms with Gasteiger partial charge in [-0.2, -0.15) is 4.99 Å². The van der Waals surface area contributed by atoms with Gasteiger partial charge >= 0.3 is 0 Å². The Kier molecular flexibility index (Phi) is 5.28. The monoisotopic (exact) mass is 422 g/mol. The van der Waals surface area contributed by atoms with Crippen molar-refractivity contribution in [3.05, 3.63) is 68.0 Å². The Bertz CT molecular complexity index is 850. The number of carbonyl (C=O) groups is 1. The molecular weight excluding hydrogens is 412 g/mol. The Morgan fingerprint density at radius 3 is 2.62 bits per heavy atom. The highest BCUT2D eigenvalue weighted by Gasteiger charge is 2.19. The number of nitrogens with zero attached hydrogens (tertiary/aromatic N) is 1. The van der Waals surface area contributed by atoms with Crippen LogP contribution in [0.3, 0.4) is 0 Å². The van der Waals surface area contributed by atoms with E-state index in [-0.39, 0.29) is 11.1 Å². The number of carbonyl (C=O) groups excluding carboxylic acids is 1. The molecule has 122 valence electrons. The lowest BCUT2D eigenvalue weighted by Crippen LogP contribution is -2.01. The number of hydrogen-bond donors (Lipinski definition) is 1. The highest BCUT2D eigenvalue weighted by Crippen LogP contribution is 2.31. The van der Waals surface area contributed by atoms with Crippen molar-refractivity contribution in [2.45, 2.75) is 6.61 Å². The third-order valence-electron chi connectivity index (χ3n) is 3.20. The third kappa shape index (κ3) is 4.20. The standard InChI is InChI=1S/C17H12BrClN2O2S/c18-13-7-11(8-15-16(22)21-17(20)24-15)3-6-14(13)23-9-10-1-4-12(19)5-2-10/h1-8H,9H2,(H2,20,21,22)/b15-8-. The summed E-state index contributed by atoms with van der Waals surface area (Å²) in [4.78, 5) is 15.8. The molecule has 4 nitrogen and oxygen atoms in total. The zero-order valence-electron chi connectivity index (χ0n) is 12.3. The minimum absolute atomic E-state index is 0.272. The van der Waals surface area contributed by atoms with Gasteiger partial charge in [-0.15, -0.1) is 0 Å². The summed E-state index contributed by atoms with van der Waals surface area (Å²) < 4.78 is 6.60. The number of nitrogens with two attached hydrogens (primary N) is 1. The van der Waals surface area contributed by atoms with Crippen LogP contribution in [0.5, 0.6) is 5.75 Å². The molecule has 0 fully saturated rings. The van der Waals surface area contributed by atoms with Gasteiger partial charge < -0.3 is 10.5 Å². The lowest BCUT2D eigenvalue weighted by atomic mass is 10.2. The van der Waals surface area contributed by atoms with E-state index in [1.807, 2.05) is 42.5 Å². The molecule has 2 N–H and O–H groups in total. The second kappa shape index (κ2) is 7.42. The van der Waals surface area contributed by atoms with Crippen LogP contribution in [0.25, 0.3) is 6.08 Å². The Labute approximate surface area is 156 Å². The SMILES string of the molecule is NC1=NC(=O)/C(=C/c2ccc(OCc3ccc(Cl)cc3)c(Br)c2)S1. The average molecular weight is 424 g/mol. The number of amidine groups is 1. The van der Waals surface area contributed by atoms with Crippen LogP contribution in [0.1, 0.15) is 11.1 Å². The van der Waals surface area contributed by atoms with Gasteiger partial charge in [-0.25, -0.2) is 0 Å². The molecule has 0 spiro atoms. The molecule has 1 aliphatic rings. The minimum Gasteiger partial charge on any atom is -0.488 e. The fourth-order valence-electron chi connectivity index (χ4n) is 2.04. The number of hydrogen-bond acceptors (Lipinski definition) is 4. The van der Waals surface area contributed by atoms with Crippen LogP contribution in [0.15, 0.2) is 56.8 Å². The van der Waals surface area contributed by atoms with E-state index in [9.17, 15) is 4.79 Å². The molecule has 0 aliphatic carbocycles. The fourth-order valence-corrected chi connectivity index (χ4v) is 3.36. The van der Waals surface area contributed by atoms with Crippen molar-refractivity contribution in [2.75, 3.05) is 0 Å². The van der Waals surface area contributed by atoms with Gasteiger partial charge in [-0.05, 0) is 69.2 Å². The first-order chi connectivity index (χ1) is 11.5. The number of rotatable bonds is 4. The number of thioether (sulfide) groups is 1. The van der Waals surface area contributed by atoms with E-state index in [1.165, 1.54) is 11.8 Å². The van der Waals surface area contributed by atoms with E-state index >= 15 is 0 Å². The second-order valence-corrected chi connectivity index (χ2v) is 7.32. The number of amides is 1. The van der Waals surface area contributed by atoms with Crippen molar-refractivity contribution in [3.63, 3.8) is 0 Å². The topological polar surface area (TPSA) is 64.7 Å². The molecule has 1 aliphatic heterocycles. The van der Waals surface area contributed by atoms with E-state index < -0.39 is 0 Å². The van der Waals surface area contributed by atoms with E-state index in [4.69, 9.17) is 22.1 Å². The van der Waals surface area contributed by atoms with Crippen LogP contribution in [0.4, 0.5) is 0 Å². The number of halogens is 2. The average Bonchev–Trinajstić information content (AvgIpc) is 2.86. The van der Waals surface area contributed by atoms with Crippen LogP contribution in [-0.2, 0) is 11.4 Å². The predicted octanol–water partition coefficient (Wildman–Crippen LogP) is 4.61. The summed E-state index contributed by atoms with van der Waals surface area (Å²) in [5, 5.41) is 0.967. The summed E-state index contributed by atoms with van der Waals surface area (Å²) in [7, 11) is 0. The number of benzene rings is 2. The Morgan fingerprint density at radius 2 is 2.00 bits per heavy atom. The van der Waals surface area contributed by atoms with Gasteiger partial charge in [0.1, 0.15) is 12.4 Å². The smallest absolute Gasteiger partial charge is 0.286 e. The molecule has 0 bridgehead atoms. The number of ether oxygens (including phenoxy) is 1. The largest absolute Gasteiger partial charge is 0.488 e. The Balaban J connectivity index is 1.70. The van der Waals surface area contributed by atoms with Crippen LogP contribution in [0.2, 0.25) is 5.02 Å². The van der Waals surface area contributed by atoms with Crippen LogP contribution in [0, 0.1) is 0 Å². The lowest BCUT2D eigenvalue weighted by molar-refractivity contribution is -0.113. The maximum absolute atomic E-state index is 11.6. The third-order valence-corrected chi connectivity index (χ3v) is 4.88. The first-order valence-electron chi connectivity index (χ1n) is 6.96. The highest BCUT2D eigenvalue weighted by molar-refractivity contribution is 9.10. The summed E-state index contributed by atoms with van der Waals surface area (Å²) in [6, 6.07) is 13.1. The normalized spacial score (nSPS) is 15.7. The van der Waals surface area contributed by atoms with Crippen molar-refractivity contribution < 1.29 is 9.53 Å². The minimum atomic E-state index is -0.309. The first kappa shape index (κ1) is 17.1. The maximum Gasteiger partial charge on any atom is 0.286 e. The van der Waals surface area contributed by atoms with Gasteiger partial charge in [0.2, 0.25) is 0 Å². The van der Waals surface area contributed by atoms with Gasteiger partial charge in [0, 0.05) is 5.02 Å². The van der Waals surface area contributed by atoms with Crippen LogP contribution in [-0.4, -0.2) is 11.1 Å². The predicted molar refractivity (Wildman–Crippen MR) is 102 cm³/mol. The highest BCUT2D eigenvalue weighted by atomic mass is 79.9.